The maximum atomic E-state index is 11.9. The molecule has 8 heteroatoms. The van der Waals surface area contributed by atoms with Crippen molar-refractivity contribution in [3.63, 3.8) is 0 Å². The molecule has 3 aromatic rings. The number of ether oxygens (including phenoxy) is 1. The molecule has 0 aliphatic carbocycles. The summed E-state index contributed by atoms with van der Waals surface area (Å²) in [5.41, 5.74) is 1.88. The molecule has 136 valence electrons. The van der Waals surface area contributed by atoms with Gasteiger partial charge in [0.2, 0.25) is 5.91 Å². The van der Waals surface area contributed by atoms with E-state index >= 15 is 0 Å². The standard InChI is InChI=1S/C18H19N3O4S/c1-12-4-3-5-14(10-12)24-9-7-19-16(22)11-26-18-21-20-17(25-18)15-6-8-23-13(15)2/h3-6,8,10H,7,9,11H2,1-2H3,(H,19,22). The second-order valence-electron chi connectivity index (χ2n) is 5.57. The summed E-state index contributed by atoms with van der Waals surface area (Å²) in [5, 5.41) is 11.0. The Labute approximate surface area is 155 Å². The van der Waals surface area contributed by atoms with E-state index in [2.05, 4.69) is 15.5 Å². The third-order valence-corrected chi connectivity index (χ3v) is 4.32. The predicted octanol–water partition coefficient (Wildman–Crippen LogP) is 3.23. The lowest BCUT2D eigenvalue weighted by Crippen LogP contribution is -2.29. The van der Waals surface area contributed by atoms with E-state index in [4.69, 9.17) is 13.6 Å². The van der Waals surface area contributed by atoms with Crippen molar-refractivity contribution >= 4 is 17.7 Å². The summed E-state index contributed by atoms with van der Waals surface area (Å²) >= 11 is 1.19. The van der Waals surface area contributed by atoms with Crippen molar-refractivity contribution in [3.05, 3.63) is 47.9 Å². The summed E-state index contributed by atoms with van der Waals surface area (Å²) in [7, 11) is 0. The van der Waals surface area contributed by atoms with Crippen molar-refractivity contribution in [1.29, 1.82) is 0 Å². The van der Waals surface area contributed by atoms with Crippen molar-refractivity contribution < 1.29 is 18.4 Å². The highest BCUT2D eigenvalue weighted by Crippen LogP contribution is 2.26. The first-order valence-corrected chi connectivity index (χ1v) is 9.07. The molecule has 0 saturated carbocycles. The fraction of sp³-hybridized carbons (Fsp3) is 0.278. The van der Waals surface area contributed by atoms with Gasteiger partial charge < -0.3 is 18.9 Å². The van der Waals surface area contributed by atoms with Gasteiger partial charge in [-0.2, -0.15) is 0 Å². The number of nitrogens with one attached hydrogen (secondary N) is 1. The first kappa shape index (κ1) is 18.1. The summed E-state index contributed by atoms with van der Waals surface area (Å²) in [6, 6.07) is 9.54. The minimum Gasteiger partial charge on any atom is -0.492 e. The van der Waals surface area contributed by atoms with Crippen LogP contribution in [0.1, 0.15) is 11.3 Å². The van der Waals surface area contributed by atoms with E-state index in [1.54, 1.807) is 12.3 Å². The molecule has 2 heterocycles. The molecule has 0 saturated heterocycles. The maximum absolute atomic E-state index is 11.9. The molecule has 0 atom stereocenters. The van der Waals surface area contributed by atoms with E-state index < -0.39 is 0 Å². The van der Waals surface area contributed by atoms with Gasteiger partial charge in [-0.1, -0.05) is 23.9 Å². The van der Waals surface area contributed by atoms with Gasteiger partial charge in [-0.3, -0.25) is 4.79 Å². The fourth-order valence-corrected chi connectivity index (χ4v) is 2.82. The Bertz CT molecular complexity index is 875. The van der Waals surface area contributed by atoms with Crippen LogP contribution in [0.25, 0.3) is 11.5 Å². The molecule has 3 rings (SSSR count). The SMILES string of the molecule is Cc1cccc(OCCNC(=O)CSc2nnc(-c3ccoc3C)o2)c1. The predicted molar refractivity (Wildman–Crippen MR) is 97.1 cm³/mol. The largest absolute Gasteiger partial charge is 0.492 e. The summed E-state index contributed by atoms with van der Waals surface area (Å²) in [4.78, 5) is 11.9. The maximum Gasteiger partial charge on any atom is 0.277 e. The van der Waals surface area contributed by atoms with Gasteiger partial charge >= 0.3 is 0 Å². The van der Waals surface area contributed by atoms with E-state index in [1.807, 2.05) is 38.1 Å². The van der Waals surface area contributed by atoms with Crippen molar-refractivity contribution in [2.75, 3.05) is 18.9 Å². The van der Waals surface area contributed by atoms with Crippen LogP contribution in [-0.4, -0.2) is 35.0 Å². The Hall–Kier alpha value is -2.74. The van der Waals surface area contributed by atoms with E-state index in [-0.39, 0.29) is 11.7 Å². The fourth-order valence-electron chi connectivity index (χ4n) is 2.23. The van der Waals surface area contributed by atoms with Crippen LogP contribution in [0.2, 0.25) is 0 Å². The topological polar surface area (TPSA) is 90.4 Å². The van der Waals surface area contributed by atoms with Crippen molar-refractivity contribution in [3.8, 4) is 17.2 Å². The number of furan rings is 1. The first-order chi connectivity index (χ1) is 12.6. The zero-order valence-corrected chi connectivity index (χ0v) is 15.3. The average molecular weight is 373 g/mol. The Balaban J connectivity index is 1.38. The number of thioether (sulfide) groups is 1. The van der Waals surface area contributed by atoms with Gasteiger partial charge in [0.15, 0.2) is 0 Å². The second-order valence-corrected chi connectivity index (χ2v) is 6.49. The van der Waals surface area contributed by atoms with Crippen molar-refractivity contribution in [2.45, 2.75) is 19.1 Å². The summed E-state index contributed by atoms with van der Waals surface area (Å²) in [6.45, 7) is 4.66. The Morgan fingerprint density at radius 3 is 2.92 bits per heavy atom. The molecule has 0 bridgehead atoms. The zero-order valence-electron chi connectivity index (χ0n) is 14.5. The minimum absolute atomic E-state index is 0.123. The molecule has 0 aliphatic heterocycles. The quantitative estimate of drug-likeness (QED) is 0.479. The van der Waals surface area contributed by atoms with Crippen LogP contribution >= 0.6 is 11.8 Å². The van der Waals surface area contributed by atoms with Gasteiger partial charge in [-0.05, 0) is 37.6 Å². The van der Waals surface area contributed by atoms with E-state index in [9.17, 15) is 4.79 Å². The number of benzene rings is 1. The summed E-state index contributed by atoms with van der Waals surface area (Å²) < 4.78 is 16.3. The average Bonchev–Trinajstić information content (AvgIpc) is 3.25. The normalized spacial score (nSPS) is 10.7. The van der Waals surface area contributed by atoms with Crippen LogP contribution in [0.5, 0.6) is 5.75 Å². The lowest BCUT2D eigenvalue weighted by Gasteiger charge is -2.07. The molecule has 0 aliphatic rings. The summed E-state index contributed by atoms with van der Waals surface area (Å²) in [6.07, 6.45) is 1.56. The minimum atomic E-state index is -0.123. The number of nitrogens with zero attached hydrogens (tertiary/aromatic N) is 2. The van der Waals surface area contributed by atoms with Gasteiger partial charge in [0.1, 0.15) is 18.1 Å². The van der Waals surface area contributed by atoms with E-state index in [0.717, 1.165) is 16.9 Å². The highest BCUT2D eigenvalue weighted by Gasteiger charge is 2.14. The van der Waals surface area contributed by atoms with Crippen LogP contribution in [0.15, 0.2) is 50.7 Å². The third kappa shape index (κ3) is 4.89. The molecule has 7 nitrogen and oxygen atoms in total. The van der Waals surface area contributed by atoms with Crippen LogP contribution in [0.4, 0.5) is 0 Å². The molecule has 1 amide bonds. The highest BCUT2D eigenvalue weighted by molar-refractivity contribution is 7.99. The second kappa shape index (κ2) is 8.57. The van der Waals surface area contributed by atoms with Crippen molar-refractivity contribution in [2.24, 2.45) is 0 Å². The molecule has 2 aromatic heterocycles. The molecular formula is C18H19N3O4S. The number of hydrogen-bond donors (Lipinski definition) is 1. The van der Waals surface area contributed by atoms with Crippen LogP contribution in [0, 0.1) is 13.8 Å². The number of aryl methyl sites for hydroxylation is 2. The molecule has 0 radical (unpaired) electrons. The lowest BCUT2D eigenvalue weighted by molar-refractivity contribution is -0.118. The van der Waals surface area contributed by atoms with E-state index in [0.29, 0.717) is 30.0 Å². The van der Waals surface area contributed by atoms with Crippen molar-refractivity contribution in [1.82, 2.24) is 15.5 Å². The third-order valence-electron chi connectivity index (χ3n) is 3.50. The zero-order chi connectivity index (χ0) is 18.4. The molecule has 1 aromatic carbocycles. The van der Waals surface area contributed by atoms with Gasteiger partial charge in [-0.15, -0.1) is 10.2 Å². The molecule has 1 N–H and O–H groups in total. The van der Waals surface area contributed by atoms with Gasteiger partial charge in [0.05, 0.1) is 24.1 Å². The Morgan fingerprint density at radius 1 is 1.27 bits per heavy atom. The molecule has 0 fully saturated rings. The number of rotatable bonds is 8. The number of aromatic nitrogens is 2. The Morgan fingerprint density at radius 2 is 2.15 bits per heavy atom. The molecule has 26 heavy (non-hydrogen) atoms. The number of carbonyl (C=O) groups excluding carboxylic acids is 1. The molecular weight excluding hydrogens is 354 g/mol. The number of carbonyl (C=O) groups is 1. The number of hydrogen-bond acceptors (Lipinski definition) is 7. The number of amides is 1. The van der Waals surface area contributed by atoms with Gasteiger partial charge in [0.25, 0.3) is 11.1 Å². The van der Waals surface area contributed by atoms with Gasteiger partial charge in [0, 0.05) is 0 Å². The van der Waals surface area contributed by atoms with Crippen LogP contribution in [-0.2, 0) is 4.79 Å². The Kier molecular flexibility index (Phi) is 5.96. The molecule has 0 spiro atoms. The molecule has 0 unspecified atom stereocenters. The summed E-state index contributed by atoms with van der Waals surface area (Å²) in [5.74, 6) is 1.95. The smallest absolute Gasteiger partial charge is 0.277 e. The monoisotopic (exact) mass is 373 g/mol. The van der Waals surface area contributed by atoms with E-state index in [1.165, 1.54) is 11.8 Å². The van der Waals surface area contributed by atoms with Crippen LogP contribution in [0.3, 0.4) is 0 Å². The lowest BCUT2D eigenvalue weighted by atomic mass is 10.2. The first-order valence-electron chi connectivity index (χ1n) is 8.09. The van der Waals surface area contributed by atoms with Crippen LogP contribution < -0.4 is 10.1 Å². The highest BCUT2D eigenvalue weighted by atomic mass is 32.2. The van der Waals surface area contributed by atoms with Gasteiger partial charge in [-0.25, -0.2) is 0 Å².